The van der Waals surface area contributed by atoms with Gasteiger partial charge in [-0.2, -0.15) is 0 Å². The molecule has 3 nitrogen and oxygen atoms in total. The van der Waals surface area contributed by atoms with Crippen molar-refractivity contribution in [3.63, 3.8) is 0 Å². The number of allylic oxidation sites excluding steroid dienone is 10. The van der Waals surface area contributed by atoms with Crippen molar-refractivity contribution in [2.24, 2.45) is 11.8 Å². The maximum atomic E-state index is 4.60. The Hall–Kier alpha value is -4.46. The van der Waals surface area contributed by atoms with Crippen molar-refractivity contribution in [1.82, 2.24) is 9.47 Å². The van der Waals surface area contributed by atoms with Crippen molar-refractivity contribution in [3.8, 4) is 12.3 Å². The number of hydrogen-bond acceptors (Lipinski definition) is 3. The zero-order valence-corrected chi connectivity index (χ0v) is 32.3. The molecule has 1 aliphatic rings. The maximum absolute atomic E-state index is 4.60. The van der Waals surface area contributed by atoms with Crippen molar-refractivity contribution < 1.29 is 0 Å². The monoisotopic (exact) mass is 671 g/mol. The molecule has 0 radical (unpaired) electrons. The molecule has 1 unspecified atom stereocenters. The van der Waals surface area contributed by atoms with Gasteiger partial charge in [0.1, 0.15) is 0 Å². The lowest BCUT2D eigenvalue weighted by Gasteiger charge is -2.33. The molecule has 0 amide bonds. The minimum absolute atomic E-state index is 0.295. The number of rotatable bonds is 11. The van der Waals surface area contributed by atoms with Crippen LogP contribution in [0.15, 0.2) is 115 Å². The van der Waals surface area contributed by atoms with Crippen molar-refractivity contribution in [3.05, 3.63) is 126 Å². The quantitative estimate of drug-likeness (QED) is 0.116. The summed E-state index contributed by atoms with van der Waals surface area (Å²) in [6, 6.07) is 17.9. The van der Waals surface area contributed by atoms with E-state index in [0.29, 0.717) is 11.8 Å². The first kappa shape index (κ1) is 39.0. The summed E-state index contributed by atoms with van der Waals surface area (Å²) in [5.74, 6) is 2.98. The fourth-order valence-corrected chi connectivity index (χ4v) is 7.37. The molecule has 2 heterocycles. The fraction of sp³-hybridized carbons (Fsp3) is 0.333. The molecular formula is C45H57N3S. The lowest BCUT2D eigenvalue weighted by molar-refractivity contribution is 0.552. The van der Waals surface area contributed by atoms with Crippen LogP contribution in [-0.4, -0.2) is 23.6 Å². The second-order valence-corrected chi connectivity index (χ2v) is 13.6. The van der Waals surface area contributed by atoms with E-state index in [0.717, 1.165) is 19.3 Å². The van der Waals surface area contributed by atoms with Crippen molar-refractivity contribution in [2.45, 2.75) is 74.7 Å². The molecule has 2 aromatic heterocycles. The Morgan fingerprint density at radius 2 is 1.71 bits per heavy atom. The first-order chi connectivity index (χ1) is 23.7. The summed E-state index contributed by atoms with van der Waals surface area (Å²) in [6.45, 7) is 17.0. The number of anilines is 1. The molecule has 2 aromatic carbocycles. The molecule has 1 atom stereocenters. The third-order valence-electron chi connectivity index (χ3n) is 8.18. The van der Waals surface area contributed by atoms with Crippen LogP contribution in [0.4, 0.5) is 5.69 Å². The highest BCUT2D eigenvalue weighted by atomic mass is 32.1. The van der Waals surface area contributed by atoms with E-state index in [9.17, 15) is 0 Å². The van der Waals surface area contributed by atoms with E-state index in [1.165, 1.54) is 54.2 Å². The normalized spacial score (nSPS) is 13.8. The van der Waals surface area contributed by atoms with Crippen molar-refractivity contribution in [2.75, 3.05) is 19.0 Å². The zero-order chi connectivity index (χ0) is 35.9. The fourth-order valence-electron chi connectivity index (χ4n) is 6.17. The van der Waals surface area contributed by atoms with Crippen LogP contribution in [0.2, 0.25) is 0 Å². The largest absolute Gasteiger partial charge is 0.382 e. The minimum atomic E-state index is 0.295. The van der Waals surface area contributed by atoms with Gasteiger partial charge in [0.25, 0.3) is 0 Å². The third kappa shape index (κ3) is 9.80. The molecule has 0 spiro atoms. The van der Waals surface area contributed by atoms with Gasteiger partial charge in [0.2, 0.25) is 0 Å². The number of hydrogen-bond donors (Lipinski definition) is 0. The molecule has 0 saturated carbocycles. The van der Waals surface area contributed by atoms with Crippen LogP contribution >= 0.6 is 11.3 Å². The first-order valence-electron chi connectivity index (χ1n) is 17.8. The van der Waals surface area contributed by atoms with Crippen LogP contribution in [0.1, 0.15) is 79.5 Å². The number of fused-ring (bicyclic) bond motifs is 3. The van der Waals surface area contributed by atoms with E-state index >= 15 is 0 Å². The molecule has 5 rings (SSSR count). The minimum Gasteiger partial charge on any atom is -0.382 e. The number of terminal acetylenes is 1. The van der Waals surface area contributed by atoms with Crippen LogP contribution in [0.25, 0.3) is 31.9 Å². The Bertz CT molecular complexity index is 1880. The summed E-state index contributed by atoms with van der Waals surface area (Å²) >= 11 is 1.90. The van der Waals surface area contributed by atoms with Crippen LogP contribution in [-0.2, 0) is 6.42 Å². The average Bonchev–Trinajstić information content (AvgIpc) is 3.54. The van der Waals surface area contributed by atoms with Gasteiger partial charge < -0.3 is 14.4 Å². The van der Waals surface area contributed by atoms with E-state index in [1.807, 2.05) is 25.2 Å². The van der Waals surface area contributed by atoms with Gasteiger partial charge in [0.05, 0.1) is 10.4 Å². The number of thiophene rings is 1. The Labute approximate surface area is 301 Å². The number of benzene rings is 2. The molecule has 0 bridgehead atoms. The van der Waals surface area contributed by atoms with Gasteiger partial charge in [-0.3, -0.25) is 0 Å². The smallest absolute Gasteiger partial charge is 0.0634 e. The summed E-state index contributed by atoms with van der Waals surface area (Å²) in [6.07, 6.45) is 29.8. The second-order valence-electron chi connectivity index (χ2n) is 12.5. The second kappa shape index (κ2) is 19.5. The molecule has 49 heavy (non-hydrogen) atoms. The van der Waals surface area contributed by atoms with E-state index in [2.05, 4.69) is 185 Å². The Kier molecular flexibility index (Phi) is 15.5. The molecule has 1 aliphatic carbocycles. The topological polar surface area (TPSA) is 11.4 Å². The lowest BCUT2D eigenvalue weighted by Crippen LogP contribution is -2.26. The Balaban J connectivity index is 0.00000123. The molecule has 4 heteroatoms. The summed E-state index contributed by atoms with van der Waals surface area (Å²) < 4.78 is 5.09. The van der Waals surface area contributed by atoms with Crippen LogP contribution in [0.3, 0.4) is 0 Å². The summed E-state index contributed by atoms with van der Waals surface area (Å²) in [5, 5.41) is 2.65. The zero-order valence-electron chi connectivity index (χ0n) is 31.5. The van der Waals surface area contributed by atoms with Crippen molar-refractivity contribution in [1.29, 1.82) is 0 Å². The van der Waals surface area contributed by atoms with Gasteiger partial charge in [0, 0.05) is 71.2 Å². The summed E-state index contributed by atoms with van der Waals surface area (Å²) in [5.41, 5.74) is 7.79. The molecular weight excluding hydrogens is 615 g/mol. The van der Waals surface area contributed by atoms with Gasteiger partial charge in [-0.25, -0.2) is 0 Å². The SMILES string of the molecule is C#CC.C/C=C\C(C)Cc1c(/C=C(\C(C)C)N(/C(=C/N(C)C)CC)c2cccc3c2sc2ccccc23)ccn1C1=CC=CC=CC1.CC. The van der Waals surface area contributed by atoms with E-state index in [4.69, 9.17) is 0 Å². The number of nitrogens with zero attached hydrogens (tertiary/aromatic N) is 3. The Morgan fingerprint density at radius 1 is 1.00 bits per heavy atom. The van der Waals surface area contributed by atoms with Crippen LogP contribution < -0.4 is 4.90 Å². The molecule has 4 aromatic rings. The average molecular weight is 672 g/mol. The number of aromatic nitrogens is 1. The molecule has 0 saturated heterocycles. The van der Waals surface area contributed by atoms with Gasteiger partial charge in [-0.1, -0.05) is 108 Å². The highest BCUT2D eigenvalue weighted by Crippen LogP contribution is 2.43. The molecule has 0 aliphatic heterocycles. The molecule has 258 valence electrons. The predicted octanol–water partition coefficient (Wildman–Crippen LogP) is 12.9. The Morgan fingerprint density at radius 3 is 2.39 bits per heavy atom. The highest BCUT2D eigenvalue weighted by molar-refractivity contribution is 7.26. The van der Waals surface area contributed by atoms with Gasteiger partial charge >= 0.3 is 0 Å². The van der Waals surface area contributed by atoms with Gasteiger partial charge in [-0.15, -0.1) is 23.7 Å². The highest BCUT2D eigenvalue weighted by Gasteiger charge is 2.24. The standard InChI is InChI=1S/C40H47N3S.C3H4.C2H6/c1-8-17-30(5)26-38-31(24-25-42(38)33-18-12-10-11-13-19-33)27-37(29(3)4)43(32(9-2)28-41(6)7)36-22-16-21-35-34-20-14-15-23-39(34)44-40(35)36;1-3-2;1-2/h8,10-18,20-25,27-30H,9,19,26H2,1-7H3;1H,2H3;1-2H3/b17-8-,32-28+,37-27+;;. The maximum Gasteiger partial charge on any atom is 0.0634 e. The van der Waals surface area contributed by atoms with Crippen LogP contribution in [0, 0.1) is 24.2 Å². The summed E-state index contributed by atoms with van der Waals surface area (Å²) in [4.78, 5) is 4.73. The van der Waals surface area contributed by atoms with E-state index in [-0.39, 0.29) is 0 Å². The van der Waals surface area contributed by atoms with Crippen molar-refractivity contribution >= 4 is 49.0 Å². The molecule has 0 fully saturated rings. The van der Waals surface area contributed by atoms with Crippen LogP contribution in [0.5, 0.6) is 0 Å². The third-order valence-corrected chi connectivity index (χ3v) is 9.39. The van der Waals surface area contributed by atoms with Gasteiger partial charge in [-0.05, 0) is 74.4 Å². The van der Waals surface area contributed by atoms with E-state index < -0.39 is 0 Å². The van der Waals surface area contributed by atoms with Gasteiger partial charge in [0.15, 0.2) is 0 Å². The predicted molar refractivity (Wildman–Crippen MR) is 222 cm³/mol. The van der Waals surface area contributed by atoms with E-state index in [1.54, 1.807) is 6.92 Å². The molecule has 0 N–H and O–H groups in total. The lowest BCUT2D eigenvalue weighted by atomic mass is 9.98. The summed E-state index contributed by atoms with van der Waals surface area (Å²) in [7, 11) is 4.24. The first-order valence-corrected chi connectivity index (χ1v) is 18.6.